The number of amides is 1. The molecule has 3 rings (SSSR count). The van der Waals surface area contributed by atoms with Crippen molar-refractivity contribution in [1.82, 2.24) is 15.2 Å². The smallest absolute Gasteiger partial charge is 0.265 e. The van der Waals surface area contributed by atoms with Gasteiger partial charge < -0.3 is 10.2 Å². The van der Waals surface area contributed by atoms with Crippen LogP contribution < -0.4 is 5.32 Å². The molecule has 0 atom stereocenters. The summed E-state index contributed by atoms with van der Waals surface area (Å²) in [5.41, 5.74) is 1.06. The number of nitrogens with one attached hydrogen (secondary N) is 1. The minimum absolute atomic E-state index is 0.105. The van der Waals surface area contributed by atoms with Gasteiger partial charge in [0.2, 0.25) is 0 Å². The average Bonchev–Trinajstić information content (AvgIpc) is 2.83. The van der Waals surface area contributed by atoms with Crippen LogP contribution in [0.2, 0.25) is 0 Å². The Morgan fingerprint density at radius 2 is 2.05 bits per heavy atom. The van der Waals surface area contributed by atoms with Crippen LogP contribution in [0.3, 0.4) is 0 Å². The molecule has 104 valence electrons. The Labute approximate surface area is 122 Å². The van der Waals surface area contributed by atoms with Crippen LogP contribution in [0.1, 0.15) is 16.1 Å². The summed E-state index contributed by atoms with van der Waals surface area (Å²) in [7, 11) is 0. The molecule has 1 aromatic carbocycles. The van der Waals surface area contributed by atoms with Crippen LogP contribution in [-0.2, 0) is 0 Å². The van der Waals surface area contributed by atoms with Crippen LogP contribution in [-0.4, -0.2) is 42.0 Å². The molecule has 5 heteroatoms. The molecule has 2 aromatic rings. The quantitative estimate of drug-likeness (QED) is 0.921. The van der Waals surface area contributed by atoms with Gasteiger partial charge in [-0.05, 0) is 13.0 Å². The topological polar surface area (TPSA) is 45.2 Å². The Kier molecular flexibility index (Phi) is 4.08. The Hall–Kier alpha value is -1.72. The average molecular weight is 287 g/mol. The van der Waals surface area contributed by atoms with Crippen LogP contribution in [0.5, 0.6) is 0 Å². The molecule has 1 fully saturated rings. The van der Waals surface area contributed by atoms with Crippen molar-refractivity contribution in [3.63, 3.8) is 0 Å². The number of thiazole rings is 1. The molecule has 1 aliphatic heterocycles. The molecular weight excluding hydrogens is 270 g/mol. The van der Waals surface area contributed by atoms with Crippen molar-refractivity contribution in [1.29, 1.82) is 0 Å². The van der Waals surface area contributed by atoms with Crippen molar-refractivity contribution in [3.8, 4) is 10.6 Å². The molecule has 0 radical (unpaired) electrons. The number of carbonyl (C=O) groups is 1. The first-order valence-electron chi connectivity index (χ1n) is 6.86. The van der Waals surface area contributed by atoms with Crippen LogP contribution in [0.4, 0.5) is 0 Å². The van der Waals surface area contributed by atoms with Crippen molar-refractivity contribution in [2.75, 3.05) is 26.2 Å². The maximum Gasteiger partial charge on any atom is 0.265 e. The highest BCUT2D eigenvalue weighted by Gasteiger charge is 2.19. The predicted octanol–water partition coefficient (Wildman–Crippen LogP) is 2.25. The first kappa shape index (κ1) is 13.3. The van der Waals surface area contributed by atoms with Gasteiger partial charge in [-0.3, -0.25) is 4.79 Å². The SMILES string of the molecule is O=C(c1cnc(-c2ccccc2)s1)N1CCCNCC1. The summed E-state index contributed by atoms with van der Waals surface area (Å²) in [6.07, 6.45) is 2.71. The van der Waals surface area contributed by atoms with Crippen molar-refractivity contribution in [2.24, 2.45) is 0 Å². The van der Waals surface area contributed by atoms with E-state index in [-0.39, 0.29) is 5.91 Å². The molecule has 1 amide bonds. The lowest BCUT2D eigenvalue weighted by molar-refractivity contribution is 0.0771. The Bertz CT molecular complexity index is 574. The van der Waals surface area contributed by atoms with Gasteiger partial charge in [-0.15, -0.1) is 11.3 Å². The van der Waals surface area contributed by atoms with Crippen molar-refractivity contribution in [2.45, 2.75) is 6.42 Å². The van der Waals surface area contributed by atoms with E-state index in [2.05, 4.69) is 10.3 Å². The third kappa shape index (κ3) is 2.89. The first-order chi connectivity index (χ1) is 9.84. The highest BCUT2D eigenvalue weighted by molar-refractivity contribution is 7.16. The number of carbonyl (C=O) groups excluding carboxylic acids is 1. The number of nitrogens with zero attached hydrogens (tertiary/aromatic N) is 2. The summed E-state index contributed by atoms with van der Waals surface area (Å²) in [4.78, 5) is 19.5. The Morgan fingerprint density at radius 3 is 2.90 bits per heavy atom. The third-order valence-corrected chi connectivity index (χ3v) is 4.40. The molecule has 1 aliphatic rings. The zero-order chi connectivity index (χ0) is 13.8. The Morgan fingerprint density at radius 1 is 1.20 bits per heavy atom. The van der Waals surface area contributed by atoms with Gasteiger partial charge in [0, 0.05) is 25.2 Å². The lowest BCUT2D eigenvalue weighted by Crippen LogP contribution is -2.33. The molecule has 0 saturated carbocycles. The number of benzene rings is 1. The second-order valence-corrected chi connectivity index (χ2v) is 5.82. The highest BCUT2D eigenvalue weighted by atomic mass is 32.1. The zero-order valence-corrected chi connectivity index (χ0v) is 12.0. The van der Waals surface area contributed by atoms with Gasteiger partial charge in [-0.2, -0.15) is 0 Å². The largest absolute Gasteiger partial charge is 0.337 e. The van der Waals surface area contributed by atoms with E-state index in [9.17, 15) is 4.79 Å². The van der Waals surface area contributed by atoms with Crippen LogP contribution in [0.25, 0.3) is 10.6 Å². The molecule has 20 heavy (non-hydrogen) atoms. The van der Waals surface area contributed by atoms with Crippen molar-refractivity contribution in [3.05, 3.63) is 41.4 Å². The van der Waals surface area contributed by atoms with E-state index in [1.165, 1.54) is 11.3 Å². The molecule has 0 bridgehead atoms. The molecule has 2 heterocycles. The summed E-state index contributed by atoms with van der Waals surface area (Å²) in [5, 5.41) is 4.21. The zero-order valence-electron chi connectivity index (χ0n) is 11.2. The first-order valence-corrected chi connectivity index (χ1v) is 7.67. The normalized spacial score (nSPS) is 15.9. The van der Waals surface area contributed by atoms with Crippen LogP contribution in [0, 0.1) is 0 Å². The maximum absolute atomic E-state index is 12.5. The Balaban J connectivity index is 1.77. The molecule has 0 spiro atoms. The van der Waals surface area contributed by atoms with Crippen molar-refractivity contribution < 1.29 is 4.79 Å². The van der Waals surface area contributed by atoms with E-state index in [0.717, 1.165) is 48.0 Å². The number of rotatable bonds is 2. The molecule has 1 saturated heterocycles. The molecule has 1 aromatic heterocycles. The molecular formula is C15H17N3OS. The number of hydrogen-bond acceptors (Lipinski definition) is 4. The van der Waals surface area contributed by atoms with Crippen molar-refractivity contribution >= 4 is 17.2 Å². The van der Waals surface area contributed by atoms with Gasteiger partial charge in [-0.25, -0.2) is 4.98 Å². The minimum atomic E-state index is 0.105. The fourth-order valence-corrected chi connectivity index (χ4v) is 3.18. The van der Waals surface area contributed by atoms with E-state index < -0.39 is 0 Å². The van der Waals surface area contributed by atoms with Gasteiger partial charge in [0.15, 0.2) is 0 Å². The van der Waals surface area contributed by atoms with E-state index in [1.54, 1.807) is 6.20 Å². The number of hydrogen-bond donors (Lipinski definition) is 1. The van der Waals surface area contributed by atoms with E-state index in [0.29, 0.717) is 0 Å². The molecule has 0 aliphatic carbocycles. The molecule has 1 N–H and O–H groups in total. The van der Waals surface area contributed by atoms with Gasteiger partial charge in [0.25, 0.3) is 5.91 Å². The summed E-state index contributed by atoms with van der Waals surface area (Å²) in [5.74, 6) is 0.105. The predicted molar refractivity (Wildman–Crippen MR) is 80.9 cm³/mol. The number of aromatic nitrogens is 1. The summed E-state index contributed by atoms with van der Waals surface area (Å²) >= 11 is 1.47. The molecule has 4 nitrogen and oxygen atoms in total. The van der Waals surface area contributed by atoms with E-state index in [1.807, 2.05) is 35.2 Å². The second-order valence-electron chi connectivity index (χ2n) is 4.79. The minimum Gasteiger partial charge on any atom is -0.337 e. The van der Waals surface area contributed by atoms with Gasteiger partial charge in [0.05, 0.1) is 6.20 Å². The lowest BCUT2D eigenvalue weighted by Gasteiger charge is -2.18. The monoisotopic (exact) mass is 287 g/mol. The summed E-state index contributed by atoms with van der Waals surface area (Å²) in [6.45, 7) is 3.46. The fourth-order valence-electron chi connectivity index (χ4n) is 2.29. The lowest BCUT2D eigenvalue weighted by atomic mass is 10.2. The fraction of sp³-hybridized carbons (Fsp3) is 0.333. The summed E-state index contributed by atoms with van der Waals surface area (Å²) in [6, 6.07) is 9.98. The summed E-state index contributed by atoms with van der Waals surface area (Å²) < 4.78 is 0. The standard InChI is InChI=1S/C15H17N3OS/c19-15(18-9-4-7-16-8-10-18)13-11-17-14(20-13)12-5-2-1-3-6-12/h1-3,5-6,11,16H,4,7-10H2. The van der Waals surface area contributed by atoms with Gasteiger partial charge >= 0.3 is 0 Å². The van der Waals surface area contributed by atoms with Crippen LogP contribution in [0.15, 0.2) is 36.5 Å². The highest BCUT2D eigenvalue weighted by Crippen LogP contribution is 2.25. The molecule has 0 unspecified atom stereocenters. The third-order valence-electron chi connectivity index (χ3n) is 3.36. The second kappa shape index (κ2) is 6.15. The van der Waals surface area contributed by atoms with Crippen LogP contribution >= 0.6 is 11.3 Å². The maximum atomic E-state index is 12.5. The van der Waals surface area contributed by atoms with E-state index >= 15 is 0 Å². The van der Waals surface area contributed by atoms with Gasteiger partial charge in [0.1, 0.15) is 9.88 Å². The van der Waals surface area contributed by atoms with E-state index in [4.69, 9.17) is 0 Å². The van der Waals surface area contributed by atoms with Gasteiger partial charge in [-0.1, -0.05) is 30.3 Å².